The molecule has 0 spiro atoms. The first-order valence-electron chi connectivity index (χ1n) is 22.1. The van der Waals surface area contributed by atoms with E-state index >= 15 is 0 Å². The first-order valence-corrected chi connectivity index (χ1v) is 22.1. The monoisotopic (exact) mass is 804 g/mol. The maximum atomic E-state index is 14.4. The molecule has 0 saturated heterocycles. The second-order valence-electron chi connectivity index (χ2n) is 21.8. The van der Waals surface area contributed by atoms with Gasteiger partial charge in [0, 0.05) is 30.0 Å². The molecule has 4 fully saturated rings. The molecule has 1 aromatic heterocycles. The number of aromatic nitrogens is 1. The third-order valence-corrected chi connectivity index (χ3v) is 17.2. The van der Waals surface area contributed by atoms with Crippen molar-refractivity contribution in [2.45, 2.75) is 152 Å². The number of aliphatic carboxylic acids is 1. The van der Waals surface area contributed by atoms with E-state index in [1.54, 1.807) is 24.9 Å². The van der Waals surface area contributed by atoms with E-state index in [1.165, 1.54) is 5.57 Å². The van der Waals surface area contributed by atoms with E-state index < -0.39 is 28.9 Å². The number of nitrogens with zero attached hydrogens (tertiary/aromatic N) is 3. The van der Waals surface area contributed by atoms with Crippen LogP contribution in [0.25, 0.3) is 0 Å². The summed E-state index contributed by atoms with van der Waals surface area (Å²) in [6.45, 7) is 21.7. The zero-order valence-electron chi connectivity index (χ0n) is 37.6. The summed E-state index contributed by atoms with van der Waals surface area (Å²) in [6.07, 6.45) is 7.97. The summed E-state index contributed by atoms with van der Waals surface area (Å²) < 4.78 is 6.18. The maximum Gasteiger partial charge on any atom is 0.309 e. The van der Waals surface area contributed by atoms with E-state index in [0.29, 0.717) is 18.3 Å². The number of aliphatic hydroxyl groups is 1. The number of carboxylic acid groups (broad SMARTS) is 1. The summed E-state index contributed by atoms with van der Waals surface area (Å²) in [4.78, 5) is 61.5. The molecule has 0 bridgehead atoms. The summed E-state index contributed by atoms with van der Waals surface area (Å²) in [7, 11) is 3.75. The fraction of sp³-hybridized carbons (Fsp3) is 0.771. The summed E-state index contributed by atoms with van der Waals surface area (Å²) in [6, 6.07) is 5.36. The number of Topliss-reactive ketones (excluding diaryl/α,β-unsaturated/α-hetero) is 1. The molecular weight excluding hydrogens is 731 g/mol. The number of ether oxygens (including phenoxy) is 1. The standard InChI is InChI=1S/C48H73N3O7/c1-29(2)40-33(52)25-48(36(53)27-51(38(54)28-50(11)12)30(3)32-15-13-14-24-49-32)23-22-46(9)31(41(40)48)16-17-35-45(8)20-19-37(58-39(55)26-43(4,5)42(56)57)44(6,7)34(45)18-21-47(35,46)10/h13-15,24,29-31,34-37,53H,16-23,25-28H2,1-12H3,(H,56,57)/t30-,31-,34+,35-,36+,37+,45+,46-,47-,48+/m1/s1. The number of likely N-dealkylation sites (N-methyl/N-ethyl adjacent to an activating group) is 1. The third kappa shape index (κ3) is 7.07. The quantitative estimate of drug-likeness (QED) is 0.200. The molecule has 10 nitrogen and oxygen atoms in total. The number of carbonyl (C=O) groups is 4. The Morgan fingerprint density at radius 2 is 1.62 bits per heavy atom. The molecule has 58 heavy (non-hydrogen) atoms. The van der Waals surface area contributed by atoms with Gasteiger partial charge in [-0.3, -0.25) is 24.2 Å². The van der Waals surface area contributed by atoms with Crippen LogP contribution in [0.1, 0.15) is 145 Å². The van der Waals surface area contributed by atoms with Gasteiger partial charge >= 0.3 is 11.9 Å². The lowest BCUT2D eigenvalue weighted by atomic mass is 9.33. The van der Waals surface area contributed by atoms with Crippen LogP contribution in [-0.4, -0.2) is 88.0 Å². The summed E-state index contributed by atoms with van der Waals surface area (Å²) in [5.74, 6) is -0.443. The van der Waals surface area contributed by atoms with Crippen LogP contribution in [0.3, 0.4) is 0 Å². The molecular formula is C48H73N3O7. The molecule has 1 heterocycles. The van der Waals surface area contributed by atoms with E-state index in [4.69, 9.17) is 4.74 Å². The number of rotatable bonds is 12. The van der Waals surface area contributed by atoms with E-state index in [-0.39, 0.29) is 83.3 Å². The summed E-state index contributed by atoms with van der Waals surface area (Å²) in [5.41, 5.74) is 0.549. The number of hydrogen-bond acceptors (Lipinski definition) is 8. The van der Waals surface area contributed by atoms with Crippen LogP contribution in [-0.2, 0) is 23.9 Å². The minimum absolute atomic E-state index is 0.0113. The first-order chi connectivity index (χ1) is 26.9. The van der Waals surface area contributed by atoms with Crippen LogP contribution in [0.15, 0.2) is 35.5 Å². The van der Waals surface area contributed by atoms with Gasteiger partial charge in [-0.1, -0.05) is 60.1 Å². The number of esters is 1. The molecule has 10 heteroatoms. The van der Waals surface area contributed by atoms with E-state index in [2.05, 4.69) is 53.5 Å². The van der Waals surface area contributed by atoms with Crippen molar-refractivity contribution in [2.75, 3.05) is 27.2 Å². The van der Waals surface area contributed by atoms with Gasteiger partial charge in [-0.15, -0.1) is 0 Å². The fourth-order valence-electron chi connectivity index (χ4n) is 13.9. The van der Waals surface area contributed by atoms with Gasteiger partial charge in [0.1, 0.15) is 6.10 Å². The Kier molecular flexibility index (Phi) is 11.8. The Labute approximate surface area is 347 Å². The van der Waals surface area contributed by atoms with Gasteiger partial charge in [0.2, 0.25) is 5.91 Å². The highest BCUT2D eigenvalue weighted by atomic mass is 16.5. The zero-order valence-corrected chi connectivity index (χ0v) is 37.6. The highest BCUT2D eigenvalue weighted by Gasteiger charge is 2.71. The number of carboxylic acids is 1. The zero-order chi connectivity index (χ0) is 43.0. The van der Waals surface area contributed by atoms with Crippen molar-refractivity contribution in [2.24, 2.45) is 56.2 Å². The Morgan fingerprint density at radius 3 is 2.22 bits per heavy atom. The molecule has 1 aromatic rings. The maximum absolute atomic E-state index is 14.4. The van der Waals surface area contributed by atoms with Crippen molar-refractivity contribution >= 4 is 23.6 Å². The van der Waals surface area contributed by atoms with E-state index in [9.17, 15) is 29.4 Å². The number of ketones is 1. The van der Waals surface area contributed by atoms with Gasteiger partial charge in [-0.05, 0) is 144 Å². The number of aliphatic hydroxyl groups excluding tert-OH is 1. The first kappa shape index (κ1) is 44.4. The number of carbonyl (C=O) groups excluding carboxylic acids is 3. The van der Waals surface area contributed by atoms with Crippen molar-refractivity contribution in [1.29, 1.82) is 0 Å². The lowest BCUT2D eigenvalue weighted by molar-refractivity contribution is -0.235. The molecule has 10 atom stereocenters. The van der Waals surface area contributed by atoms with Crippen molar-refractivity contribution in [3.05, 3.63) is 41.2 Å². The van der Waals surface area contributed by atoms with Gasteiger partial charge in [-0.2, -0.15) is 0 Å². The molecule has 0 radical (unpaired) electrons. The van der Waals surface area contributed by atoms with Crippen LogP contribution in [0, 0.1) is 56.2 Å². The van der Waals surface area contributed by atoms with Crippen LogP contribution >= 0.6 is 0 Å². The Hall–Kier alpha value is -3.11. The lowest BCUT2D eigenvalue weighted by Gasteiger charge is -2.72. The van der Waals surface area contributed by atoms with Crippen LogP contribution in [0.4, 0.5) is 0 Å². The second kappa shape index (κ2) is 15.4. The van der Waals surface area contributed by atoms with E-state index in [1.807, 2.05) is 44.1 Å². The number of pyridine rings is 1. The fourth-order valence-corrected chi connectivity index (χ4v) is 13.9. The summed E-state index contributed by atoms with van der Waals surface area (Å²) >= 11 is 0. The number of amides is 1. The Bertz CT molecular complexity index is 1800. The lowest BCUT2D eigenvalue weighted by Crippen LogP contribution is -2.66. The van der Waals surface area contributed by atoms with Crippen LogP contribution < -0.4 is 0 Å². The van der Waals surface area contributed by atoms with Crippen molar-refractivity contribution in [3.8, 4) is 0 Å². The highest BCUT2D eigenvalue weighted by molar-refractivity contribution is 6.01. The number of hydrogen-bond donors (Lipinski definition) is 2. The molecule has 5 aliphatic rings. The normalized spacial score (nSPS) is 35.4. The molecule has 0 unspecified atom stereocenters. The molecule has 1 amide bonds. The molecule has 322 valence electrons. The molecule has 0 aliphatic heterocycles. The van der Waals surface area contributed by atoms with Gasteiger partial charge in [0.15, 0.2) is 5.78 Å². The largest absolute Gasteiger partial charge is 0.481 e. The molecule has 0 aromatic carbocycles. The van der Waals surface area contributed by atoms with Crippen LogP contribution in [0.2, 0.25) is 0 Å². The predicted molar refractivity (Wildman–Crippen MR) is 224 cm³/mol. The molecule has 2 N–H and O–H groups in total. The molecule has 5 aliphatic carbocycles. The summed E-state index contributed by atoms with van der Waals surface area (Å²) in [5, 5.41) is 22.4. The van der Waals surface area contributed by atoms with Crippen molar-refractivity contribution in [1.82, 2.24) is 14.8 Å². The van der Waals surface area contributed by atoms with Gasteiger partial charge in [0.25, 0.3) is 0 Å². The minimum Gasteiger partial charge on any atom is -0.481 e. The molecule has 6 rings (SSSR count). The van der Waals surface area contributed by atoms with E-state index in [0.717, 1.165) is 56.2 Å². The Morgan fingerprint density at radius 1 is 0.931 bits per heavy atom. The number of fused-ring (bicyclic) bond motifs is 7. The number of allylic oxidation sites excluding steroid dienone is 1. The van der Waals surface area contributed by atoms with Gasteiger partial charge in [-0.25, -0.2) is 0 Å². The third-order valence-electron chi connectivity index (χ3n) is 17.2. The average Bonchev–Trinajstić information content (AvgIpc) is 3.44. The van der Waals surface area contributed by atoms with Gasteiger partial charge < -0.3 is 24.7 Å². The van der Waals surface area contributed by atoms with Crippen molar-refractivity contribution in [3.63, 3.8) is 0 Å². The smallest absolute Gasteiger partial charge is 0.309 e. The predicted octanol–water partition coefficient (Wildman–Crippen LogP) is 8.29. The Balaban J connectivity index is 1.31. The van der Waals surface area contributed by atoms with Crippen molar-refractivity contribution < 1.29 is 34.1 Å². The average molecular weight is 804 g/mol. The minimum atomic E-state index is -1.19. The van der Waals surface area contributed by atoms with Crippen LogP contribution in [0.5, 0.6) is 0 Å². The second-order valence-corrected chi connectivity index (χ2v) is 21.8. The SMILES string of the molecule is CC(C)C1=C2[C@H]3CC[C@@H]4[C@@]5(C)CC[C@H](OC(=O)CC(C)(C)C(=O)O)C(C)(C)[C@@H]5CC[C@@]4(C)[C@]3(C)CC[C@@]2([C@@H](O)CN(C(=O)CN(C)C)[C@H](C)c2ccccn2)CC1=O. The molecule has 4 saturated carbocycles. The topological polar surface area (TPSA) is 137 Å². The highest BCUT2D eigenvalue weighted by Crippen LogP contribution is 2.77. The van der Waals surface area contributed by atoms with Gasteiger partial charge in [0.05, 0.1) is 36.2 Å².